The molecule has 2 aromatic carbocycles. The smallest absolute Gasteiger partial charge is 0.171 e. The minimum atomic E-state index is -0.238. The fraction of sp³-hybridized carbons (Fsp3) is 0.0714. The van der Waals surface area contributed by atoms with Gasteiger partial charge in [-0.15, -0.1) is 0 Å². The van der Waals surface area contributed by atoms with Crippen LogP contribution in [0.3, 0.4) is 0 Å². The average Bonchev–Trinajstić information content (AvgIpc) is 2.41. The molecule has 0 amide bonds. The SMILES string of the molecule is Fc1ccc(CNC(=S)Nc2ccccc2Br)cc1. The summed E-state index contributed by atoms with van der Waals surface area (Å²) in [5.74, 6) is -0.238. The summed E-state index contributed by atoms with van der Waals surface area (Å²) < 4.78 is 13.7. The molecule has 0 aliphatic heterocycles. The predicted octanol–water partition coefficient (Wildman–Crippen LogP) is 4.07. The van der Waals surface area contributed by atoms with E-state index in [-0.39, 0.29) is 5.82 Å². The Morgan fingerprint density at radius 3 is 2.47 bits per heavy atom. The zero-order valence-corrected chi connectivity index (χ0v) is 12.4. The molecule has 0 radical (unpaired) electrons. The minimum Gasteiger partial charge on any atom is -0.358 e. The maximum absolute atomic E-state index is 12.8. The molecule has 0 bridgehead atoms. The molecular formula is C14H12BrFN2S. The highest BCUT2D eigenvalue weighted by atomic mass is 79.9. The van der Waals surface area contributed by atoms with Crippen LogP contribution < -0.4 is 10.6 Å². The van der Waals surface area contributed by atoms with Gasteiger partial charge in [-0.25, -0.2) is 4.39 Å². The van der Waals surface area contributed by atoms with E-state index in [1.165, 1.54) is 12.1 Å². The second kappa shape index (κ2) is 6.63. The van der Waals surface area contributed by atoms with Crippen LogP contribution in [0.15, 0.2) is 53.0 Å². The van der Waals surface area contributed by atoms with Crippen molar-refractivity contribution in [1.29, 1.82) is 0 Å². The predicted molar refractivity (Wildman–Crippen MR) is 83.6 cm³/mol. The Hall–Kier alpha value is -1.46. The topological polar surface area (TPSA) is 24.1 Å². The lowest BCUT2D eigenvalue weighted by Gasteiger charge is -2.11. The van der Waals surface area contributed by atoms with Gasteiger partial charge in [-0.1, -0.05) is 24.3 Å². The lowest BCUT2D eigenvalue weighted by atomic mass is 10.2. The molecule has 0 unspecified atom stereocenters. The van der Waals surface area contributed by atoms with E-state index >= 15 is 0 Å². The van der Waals surface area contributed by atoms with Gasteiger partial charge in [0, 0.05) is 11.0 Å². The van der Waals surface area contributed by atoms with Crippen molar-refractivity contribution < 1.29 is 4.39 Å². The van der Waals surface area contributed by atoms with Crippen LogP contribution in [0.4, 0.5) is 10.1 Å². The van der Waals surface area contributed by atoms with Gasteiger partial charge in [-0.3, -0.25) is 0 Å². The fourth-order valence-electron chi connectivity index (χ4n) is 1.51. The van der Waals surface area contributed by atoms with Gasteiger partial charge in [0.15, 0.2) is 5.11 Å². The maximum atomic E-state index is 12.8. The van der Waals surface area contributed by atoms with E-state index in [1.807, 2.05) is 24.3 Å². The summed E-state index contributed by atoms with van der Waals surface area (Å²) in [4.78, 5) is 0. The molecule has 0 saturated carbocycles. The molecule has 2 nitrogen and oxygen atoms in total. The standard InChI is InChI=1S/C14H12BrFN2S/c15-12-3-1-2-4-13(12)18-14(19)17-9-10-5-7-11(16)8-6-10/h1-8H,9H2,(H2,17,18,19). The molecule has 0 aromatic heterocycles. The summed E-state index contributed by atoms with van der Waals surface area (Å²) in [5, 5.41) is 6.69. The van der Waals surface area contributed by atoms with E-state index in [2.05, 4.69) is 26.6 Å². The summed E-state index contributed by atoms with van der Waals surface area (Å²) in [7, 11) is 0. The lowest BCUT2D eigenvalue weighted by Crippen LogP contribution is -2.27. The monoisotopic (exact) mass is 338 g/mol. The number of para-hydroxylation sites is 1. The molecule has 0 fully saturated rings. The van der Waals surface area contributed by atoms with Gasteiger partial charge in [-0.05, 0) is 58.0 Å². The molecule has 0 heterocycles. The molecule has 98 valence electrons. The van der Waals surface area contributed by atoms with Crippen LogP contribution in [0, 0.1) is 5.82 Å². The summed E-state index contributed by atoms with van der Waals surface area (Å²) in [6.45, 7) is 0.552. The van der Waals surface area contributed by atoms with Crippen molar-refractivity contribution >= 4 is 38.9 Å². The van der Waals surface area contributed by atoms with E-state index in [4.69, 9.17) is 12.2 Å². The molecule has 2 N–H and O–H groups in total. The van der Waals surface area contributed by atoms with Crippen LogP contribution in [0.25, 0.3) is 0 Å². The zero-order chi connectivity index (χ0) is 13.7. The van der Waals surface area contributed by atoms with Crippen molar-refractivity contribution in [2.24, 2.45) is 0 Å². The van der Waals surface area contributed by atoms with Crippen molar-refractivity contribution in [3.05, 3.63) is 64.4 Å². The summed E-state index contributed by atoms with van der Waals surface area (Å²) in [6, 6.07) is 14.0. The first-order valence-corrected chi connectivity index (χ1v) is 6.89. The molecule has 2 aromatic rings. The van der Waals surface area contributed by atoms with E-state index in [0.29, 0.717) is 11.7 Å². The Kier molecular flexibility index (Phi) is 4.87. The fourth-order valence-corrected chi connectivity index (χ4v) is 2.08. The molecular weight excluding hydrogens is 327 g/mol. The van der Waals surface area contributed by atoms with Gasteiger partial charge in [-0.2, -0.15) is 0 Å². The van der Waals surface area contributed by atoms with Crippen molar-refractivity contribution in [2.45, 2.75) is 6.54 Å². The first kappa shape index (κ1) is 14.0. The van der Waals surface area contributed by atoms with Gasteiger partial charge in [0.05, 0.1) is 5.69 Å². The highest BCUT2D eigenvalue weighted by Gasteiger charge is 2.01. The van der Waals surface area contributed by atoms with Crippen LogP contribution in [0.2, 0.25) is 0 Å². The molecule has 0 spiro atoms. The van der Waals surface area contributed by atoms with Crippen LogP contribution in [-0.4, -0.2) is 5.11 Å². The second-order valence-corrected chi connectivity index (χ2v) is 5.18. The summed E-state index contributed by atoms with van der Waals surface area (Å²) >= 11 is 8.64. The number of thiocarbonyl (C=S) groups is 1. The number of hydrogen-bond acceptors (Lipinski definition) is 1. The lowest BCUT2D eigenvalue weighted by molar-refractivity contribution is 0.627. The number of benzene rings is 2. The molecule has 0 aliphatic rings. The number of rotatable bonds is 3. The van der Waals surface area contributed by atoms with Gasteiger partial charge in [0.1, 0.15) is 5.82 Å². The number of halogens is 2. The van der Waals surface area contributed by atoms with Crippen LogP contribution in [0.1, 0.15) is 5.56 Å². The molecule has 0 saturated heterocycles. The first-order valence-electron chi connectivity index (χ1n) is 5.69. The van der Waals surface area contributed by atoms with Crippen LogP contribution >= 0.6 is 28.1 Å². The third-order valence-electron chi connectivity index (χ3n) is 2.49. The molecule has 0 aliphatic carbocycles. The normalized spacial score (nSPS) is 10.0. The van der Waals surface area contributed by atoms with Crippen molar-refractivity contribution in [2.75, 3.05) is 5.32 Å². The second-order valence-electron chi connectivity index (χ2n) is 3.91. The first-order chi connectivity index (χ1) is 9.15. The number of hydrogen-bond donors (Lipinski definition) is 2. The highest BCUT2D eigenvalue weighted by Crippen LogP contribution is 2.20. The Labute approximate surface area is 125 Å². The van der Waals surface area contributed by atoms with Crippen molar-refractivity contribution in [1.82, 2.24) is 5.32 Å². The summed E-state index contributed by atoms with van der Waals surface area (Å²) in [5.41, 5.74) is 1.87. The Bertz CT molecular complexity index is 572. The Balaban J connectivity index is 1.88. The molecule has 5 heteroatoms. The quantitative estimate of drug-likeness (QED) is 0.824. The number of anilines is 1. The molecule has 0 atom stereocenters. The van der Waals surface area contributed by atoms with Gasteiger partial charge in [0.2, 0.25) is 0 Å². The van der Waals surface area contributed by atoms with Crippen molar-refractivity contribution in [3.63, 3.8) is 0 Å². The van der Waals surface area contributed by atoms with E-state index in [0.717, 1.165) is 15.7 Å². The van der Waals surface area contributed by atoms with Crippen molar-refractivity contribution in [3.8, 4) is 0 Å². The minimum absolute atomic E-state index is 0.238. The van der Waals surface area contributed by atoms with Crippen LogP contribution in [-0.2, 0) is 6.54 Å². The third-order valence-corrected chi connectivity index (χ3v) is 3.43. The molecule has 2 rings (SSSR count). The highest BCUT2D eigenvalue weighted by molar-refractivity contribution is 9.10. The average molecular weight is 339 g/mol. The van der Waals surface area contributed by atoms with Gasteiger partial charge < -0.3 is 10.6 Å². The Morgan fingerprint density at radius 2 is 1.79 bits per heavy atom. The zero-order valence-electron chi connectivity index (χ0n) is 9.99. The Morgan fingerprint density at radius 1 is 1.11 bits per heavy atom. The number of nitrogens with one attached hydrogen (secondary N) is 2. The molecule has 19 heavy (non-hydrogen) atoms. The van der Waals surface area contributed by atoms with Gasteiger partial charge >= 0.3 is 0 Å². The van der Waals surface area contributed by atoms with E-state index < -0.39 is 0 Å². The third kappa shape index (κ3) is 4.29. The maximum Gasteiger partial charge on any atom is 0.171 e. The van der Waals surface area contributed by atoms with E-state index in [9.17, 15) is 4.39 Å². The summed E-state index contributed by atoms with van der Waals surface area (Å²) in [6.07, 6.45) is 0. The van der Waals surface area contributed by atoms with Crippen LogP contribution in [0.5, 0.6) is 0 Å². The van der Waals surface area contributed by atoms with E-state index in [1.54, 1.807) is 12.1 Å². The van der Waals surface area contributed by atoms with Gasteiger partial charge in [0.25, 0.3) is 0 Å². The largest absolute Gasteiger partial charge is 0.358 e.